The number of nitrogens with zero attached hydrogens (tertiary/aromatic N) is 1. The summed E-state index contributed by atoms with van der Waals surface area (Å²) < 4.78 is 5.58. The molecule has 2 unspecified atom stereocenters. The third-order valence-corrected chi connectivity index (χ3v) is 5.32. The molecule has 2 atom stereocenters. The first-order chi connectivity index (χ1) is 12.5. The fourth-order valence-corrected chi connectivity index (χ4v) is 4.14. The first kappa shape index (κ1) is 22.7. The van der Waals surface area contributed by atoms with Gasteiger partial charge in [0.2, 0.25) is 0 Å². The molecule has 0 heterocycles. The van der Waals surface area contributed by atoms with Crippen molar-refractivity contribution in [2.45, 2.75) is 78.4 Å². The number of ketones is 1. The molecule has 0 N–H and O–H groups in total. The lowest BCUT2D eigenvalue weighted by Crippen LogP contribution is -2.28. The highest BCUT2D eigenvalue weighted by molar-refractivity contribution is 7.99. The lowest BCUT2D eigenvalue weighted by atomic mass is 9.82. The van der Waals surface area contributed by atoms with Crippen molar-refractivity contribution in [2.75, 3.05) is 12.4 Å². The molecule has 148 valence electrons. The number of allylic oxidation sites excluding steroid dienone is 2. The average molecular weight is 384 g/mol. The molecule has 6 heteroatoms. The van der Waals surface area contributed by atoms with E-state index in [0.29, 0.717) is 48.2 Å². The number of oxime groups is 1. The highest BCUT2D eigenvalue weighted by Gasteiger charge is 2.33. The number of hydrogen-bond donors (Lipinski definition) is 0. The molecule has 5 nitrogen and oxygen atoms in total. The molecule has 1 rings (SSSR count). The van der Waals surface area contributed by atoms with E-state index in [1.807, 2.05) is 25.6 Å². The minimum Gasteiger partial charge on any atom is -0.430 e. The Morgan fingerprint density at radius 2 is 2.00 bits per heavy atom. The van der Waals surface area contributed by atoms with Crippen LogP contribution in [0, 0.1) is 5.92 Å². The molecule has 0 spiro atoms. The van der Waals surface area contributed by atoms with Crippen LogP contribution in [0.25, 0.3) is 0 Å². The second-order valence-electron chi connectivity index (χ2n) is 6.53. The highest BCUT2D eigenvalue weighted by Crippen LogP contribution is 2.34. The topological polar surface area (TPSA) is 65.0 Å². The van der Waals surface area contributed by atoms with Gasteiger partial charge in [-0.1, -0.05) is 39.3 Å². The minimum atomic E-state index is -0.311. The molecule has 0 radical (unpaired) electrons. The van der Waals surface area contributed by atoms with Gasteiger partial charge >= 0.3 is 5.97 Å². The summed E-state index contributed by atoms with van der Waals surface area (Å²) in [4.78, 5) is 30.0. The third kappa shape index (κ3) is 7.14. The summed E-state index contributed by atoms with van der Waals surface area (Å²) in [5, 5.41) is 4.63. The number of hydrogen-bond acceptors (Lipinski definition) is 6. The molecular weight excluding hydrogens is 350 g/mol. The van der Waals surface area contributed by atoms with E-state index in [1.165, 1.54) is 0 Å². The highest BCUT2D eigenvalue weighted by atomic mass is 32.2. The van der Waals surface area contributed by atoms with E-state index < -0.39 is 0 Å². The quantitative estimate of drug-likeness (QED) is 0.288. The summed E-state index contributed by atoms with van der Waals surface area (Å²) in [6, 6.07) is 0. The van der Waals surface area contributed by atoms with Crippen molar-refractivity contribution in [1.29, 1.82) is 0 Å². The molecule has 0 aromatic carbocycles. The van der Waals surface area contributed by atoms with Crippen LogP contribution in [0.4, 0.5) is 0 Å². The van der Waals surface area contributed by atoms with E-state index in [1.54, 1.807) is 6.92 Å². The van der Waals surface area contributed by atoms with Crippen LogP contribution in [0.15, 0.2) is 16.5 Å². The van der Waals surface area contributed by atoms with Gasteiger partial charge in [0.15, 0.2) is 5.78 Å². The normalized spacial score (nSPS) is 19.5. The van der Waals surface area contributed by atoms with Gasteiger partial charge in [0.1, 0.15) is 12.4 Å². The molecular formula is C20H33NO4S. The lowest BCUT2D eigenvalue weighted by molar-refractivity contribution is -0.139. The second-order valence-corrected chi connectivity index (χ2v) is 8.25. The van der Waals surface area contributed by atoms with Gasteiger partial charge in [0.05, 0.1) is 11.3 Å². The van der Waals surface area contributed by atoms with E-state index in [2.05, 4.69) is 19.0 Å². The van der Waals surface area contributed by atoms with Gasteiger partial charge in [0, 0.05) is 24.5 Å². The Hall–Kier alpha value is -1.30. The summed E-state index contributed by atoms with van der Waals surface area (Å²) in [5.41, 5.74) is 1.07. The van der Waals surface area contributed by atoms with Crippen molar-refractivity contribution >= 4 is 29.2 Å². The van der Waals surface area contributed by atoms with Crippen LogP contribution >= 0.6 is 11.8 Å². The number of carbonyl (C=O) groups excluding carboxylic acids is 2. The van der Waals surface area contributed by atoms with E-state index in [0.717, 1.165) is 18.6 Å². The minimum absolute atomic E-state index is 0.0146. The SMILES string of the molecule is CCCC(=NOCC)C1=C(OC(=O)CC)CC(CC(C)SCC)CC1=O. The Bertz CT molecular complexity index is 542. The average Bonchev–Trinajstić information content (AvgIpc) is 2.59. The summed E-state index contributed by atoms with van der Waals surface area (Å²) in [7, 11) is 0. The molecule has 1 aliphatic rings. The van der Waals surface area contributed by atoms with Crippen molar-refractivity contribution < 1.29 is 19.2 Å². The molecule has 0 aromatic heterocycles. The van der Waals surface area contributed by atoms with Gasteiger partial charge in [-0.3, -0.25) is 9.59 Å². The van der Waals surface area contributed by atoms with Crippen molar-refractivity contribution in [2.24, 2.45) is 11.1 Å². The Kier molecular flexibility index (Phi) is 10.6. The van der Waals surface area contributed by atoms with Crippen LogP contribution < -0.4 is 0 Å². The molecule has 0 aliphatic heterocycles. The molecule has 0 fully saturated rings. The van der Waals surface area contributed by atoms with Crippen LogP contribution in [-0.2, 0) is 19.2 Å². The van der Waals surface area contributed by atoms with Gasteiger partial charge < -0.3 is 9.57 Å². The maximum absolute atomic E-state index is 12.9. The number of esters is 1. The largest absolute Gasteiger partial charge is 0.430 e. The molecule has 0 bridgehead atoms. The maximum Gasteiger partial charge on any atom is 0.310 e. The smallest absolute Gasteiger partial charge is 0.310 e. The van der Waals surface area contributed by atoms with Crippen LogP contribution in [0.3, 0.4) is 0 Å². The summed E-state index contributed by atoms with van der Waals surface area (Å²) in [6.07, 6.45) is 3.77. The maximum atomic E-state index is 12.9. The predicted molar refractivity (Wildman–Crippen MR) is 107 cm³/mol. The van der Waals surface area contributed by atoms with Gasteiger partial charge in [-0.05, 0) is 31.4 Å². The van der Waals surface area contributed by atoms with E-state index in [4.69, 9.17) is 9.57 Å². The van der Waals surface area contributed by atoms with Gasteiger partial charge in [0.25, 0.3) is 0 Å². The fraction of sp³-hybridized carbons (Fsp3) is 0.750. The fourth-order valence-electron chi connectivity index (χ4n) is 3.16. The summed E-state index contributed by atoms with van der Waals surface area (Å²) >= 11 is 1.89. The summed E-state index contributed by atoms with van der Waals surface area (Å²) in [6.45, 7) is 10.4. The Morgan fingerprint density at radius 3 is 2.58 bits per heavy atom. The van der Waals surface area contributed by atoms with Crippen LogP contribution in [0.2, 0.25) is 0 Å². The number of Topliss-reactive ketones (excluding diaryl/α,β-unsaturated/α-hetero) is 1. The third-order valence-electron chi connectivity index (χ3n) is 4.23. The zero-order valence-corrected chi connectivity index (χ0v) is 17.6. The first-order valence-electron chi connectivity index (χ1n) is 9.74. The van der Waals surface area contributed by atoms with Crippen molar-refractivity contribution in [1.82, 2.24) is 0 Å². The molecule has 0 amide bonds. The van der Waals surface area contributed by atoms with E-state index >= 15 is 0 Å². The summed E-state index contributed by atoms with van der Waals surface area (Å²) in [5.74, 6) is 1.45. The number of rotatable bonds is 11. The van der Waals surface area contributed by atoms with Crippen LogP contribution in [0.1, 0.15) is 73.1 Å². The zero-order valence-electron chi connectivity index (χ0n) is 16.8. The predicted octanol–water partition coefficient (Wildman–Crippen LogP) is 4.90. The van der Waals surface area contributed by atoms with Crippen molar-refractivity contribution in [3.05, 3.63) is 11.3 Å². The Balaban J connectivity index is 3.15. The van der Waals surface area contributed by atoms with Gasteiger partial charge in [-0.25, -0.2) is 0 Å². The molecule has 0 saturated heterocycles. The standard InChI is InChI=1S/C20H33NO4S/c1-6-10-16(21-24-8-3)20-17(22)12-15(11-14(5)26-9-4)13-18(20)25-19(23)7-2/h14-15H,6-13H2,1-5H3. The van der Waals surface area contributed by atoms with Gasteiger partial charge in [-0.2, -0.15) is 11.8 Å². The van der Waals surface area contributed by atoms with Crippen molar-refractivity contribution in [3.8, 4) is 0 Å². The number of thioether (sulfide) groups is 1. The zero-order chi connectivity index (χ0) is 19.5. The number of ether oxygens (including phenoxy) is 1. The molecule has 1 aliphatic carbocycles. The Morgan fingerprint density at radius 1 is 1.27 bits per heavy atom. The molecule has 0 saturated carbocycles. The molecule has 26 heavy (non-hydrogen) atoms. The molecule has 0 aromatic rings. The second kappa shape index (κ2) is 12.2. The van der Waals surface area contributed by atoms with E-state index in [-0.39, 0.29) is 24.1 Å². The lowest BCUT2D eigenvalue weighted by Gasteiger charge is -2.27. The monoisotopic (exact) mass is 383 g/mol. The van der Waals surface area contributed by atoms with Crippen molar-refractivity contribution in [3.63, 3.8) is 0 Å². The van der Waals surface area contributed by atoms with Crippen LogP contribution in [0.5, 0.6) is 0 Å². The number of carbonyl (C=O) groups is 2. The van der Waals surface area contributed by atoms with Gasteiger partial charge in [-0.15, -0.1) is 0 Å². The Labute approximate surface area is 162 Å². The van der Waals surface area contributed by atoms with Crippen LogP contribution in [-0.4, -0.2) is 35.1 Å². The first-order valence-corrected chi connectivity index (χ1v) is 10.8. The van der Waals surface area contributed by atoms with E-state index in [9.17, 15) is 9.59 Å².